The van der Waals surface area contributed by atoms with Gasteiger partial charge in [0.1, 0.15) is 5.69 Å². The Morgan fingerprint density at radius 2 is 1.63 bits per heavy atom. The molecule has 5 aromatic rings. The summed E-state index contributed by atoms with van der Waals surface area (Å²) in [6.07, 6.45) is -1.18. The van der Waals surface area contributed by atoms with Crippen LogP contribution in [0.1, 0.15) is 27.7 Å². The zero-order chi connectivity index (χ0) is 31.0. The van der Waals surface area contributed by atoms with Gasteiger partial charge < -0.3 is 21.3 Å². The van der Waals surface area contributed by atoms with Gasteiger partial charge in [-0.1, -0.05) is 60.7 Å². The van der Waals surface area contributed by atoms with Crippen molar-refractivity contribution in [1.82, 2.24) is 20.3 Å². The fraction of sp³-hybridized carbons (Fsp3) is 0.129. The van der Waals surface area contributed by atoms with Crippen molar-refractivity contribution in [2.24, 2.45) is 5.73 Å². The molecule has 3 heterocycles. The number of nitrogens with two attached hydrogens (primary N) is 1. The maximum absolute atomic E-state index is 13.1. The normalized spacial score (nSPS) is 11.7. The zero-order valence-corrected chi connectivity index (χ0v) is 22.5. The number of hydrogen-bond donors (Lipinski definition) is 4. The lowest BCUT2D eigenvalue weighted by Gasteiger charge is -2.15. The molecular weight excluding hydrogens is 563 g/mol. The molecule has 2 aromatic carbocycles. The molecule has 0 bridgehead atoms. The van der Waals surface area contributed by atoms with E-state index in [9.17, 15) is 23.1 Å². The van der Waals surface area contributed by atoms with Crippen molar-refractivity contribution in [3.8, 4) is 22.4 Å². The Kier molecular flexibility index (Phi) is 9.76. The largest absolute Gasteiger partial charge is 0.490 e. The predicted molar refractivity (Wildman–Crippen MR) is 154 cm³/mol. The number of carboxylic acid groups (broad SMARTS) is 1. The van der Waals surface area contributed by atoms with Crippen LogP contribution in [0.5, 0.6) is 0 Å². The monoisotopic (exact) mass is 589 g/mol. The van der Waals surface area contributed by atoms with E-state index in [4.69, 9.17) is 20.6 Å². The number of alkyl halides is 3. The Bertz CT molecular complexity index is 1700. The van der Waals surface area contributed by atoms with E-state index in [1.807, 2.05) is 60.7 Å². The van der Waals surface area contributed by atoms with Crippen LogP contribution < -0.4 is 11.1 Å². The number of rotatable bonds is 7. The van der Waals surface area contributed by atoms with Crippen LogP contribution in [0, 0.1) is 0 Å². The van der Waals surface area contributed by atoms with Crippen LogP contribution in [0.4, 0.5) is 13.2 Å². The second-order valence-corrected chi connectivity index (χ2v) is 9.19. The molecule has 0 aliphatic carbocycles. The number of benzene rings is 2. The Morgan fingerprint density at radius 1 is 0.930 bits per heavy atom. The predicted octanol–water partition coefficient (Wildman–Crippen LogP) is 4.91. The van der Waals surface area contributed by atoms with Crippen molar-refractivity contribution in [2.75, 3.05) is 6.54 Å². The molecule has 3 aromatic heterocycles. The Morgan fingerprint density at radius 3 is 2.23 bits per heavy atom. The molecule has 0 saturated carbocycles. The second-order valence-electron chi connectivity index (χ2n) is 9.19. The number of aliphatic hydroxyl groups excluding tert-OH is 1. The van der Waals surface area contributed by atoms with Gasteiger partial charge in [0.15, 0.2) is 0 Å². The number of aliphatic carboxylic acids is 1. The number of halogens is 3. The maximum atomic E-state index is 13.1. The Balaban J connectivity index is 0.000000541. The number of nitrogens with one attached hydrogen (secondary N) is 1. The van der Waals surface area contributed by atoms with Crippen molar-refractivity contribution in [2.45, 2.75) is 18.8 Å². The van der Waals surface area contributed by atoms with E-state index in [2.05, 4.69) is 15.3 Å². The van der Waals surface area contributed by atoms with E-state index < -0.39 is 18.2 Å². The number of fused-ring (bicyclic) bond motifs is 1. The average molecular weight is 590 g/mol. The van der Waals surface area contributed by atoms with Gasteiger partial charge in [-0.15, -0.1) is 0 Å². The van der Waals surface area contributed by atoms with Gasteiger partial charge in [-0.2, -0.15) is 13.2 Å². The minimum Gasteiger partial charge on any atom is -0.475 e. The summed E-state index contributed by atoms with van der Waals surface area (Å²) < 4.78 is 31.7. The van der Waals surface area contributed by atoms with Crippen molar-refractivity contribution >= 4 is 22.8 Å². The molecule has 5 N–H and O–H groups in total. The third-order valence-electron chi connectivity index (χ3n) is 6.27. The minimum atomic E-state index is -5.08. The third-order valence-corrected chi connectivity index (χ3v) is 6.27. The number of pyridine rings is 3. The van der Waals surface area contributed by atoms with Crippen LogP contribution in [-0.2, 0) is 11.3 Å². The van der Waals surface area contributed by atoms with E-state index in [0.29, 0.717) is 23.0 Å². The second kappa shape index (κ2) is 13.6. The molecular formula is C31H26F3N5O4. The van der Waals surface area contributed by atoms with Gasteiger partial charge in [-0.05, 0) is 29.3 Å². The first-order chi connectivity index (χ1) is 20.6. The van der Waals surface area contributed by atoms with Crippen LogP contribution in [0.3, 0.4) is 0 Å². The van der Waals surface area contributed by atoms with E-state index in [0.717, 1.165) is 27.9 Å². The summed E-state index contributed by atoms with van der Waals surface area (Å²) in [7, 11) is 0. The number of hydrogen-bond acceptors (Lipinski definition) is 7. The highest BCUT2D eigenvalue weighted by molar-refractivity contribution is 6.06. The first-order valence-corrected chi connectivity index (χ1v) is 12.9. The van der Waals surface area contributed by atoms with E-state index in [-0.39, 0.29) is 18.1 Å². The lowest BCUT2D eigenvalue weighted by molar-refractivity contribution is -0.192. The van der Waals surface area contributed by atoms with E-state index in [1.54, 1.807) is 36.8 Å². The molecule has 12 heteroatoms. The molecule has 0 fully saturated rings. The van der Waals surface area contributed by atoms with Gasteiger partial charge >= 0.3 is 12.1 Å². The Labute approximate surface area is 243 Å². The maximum Gasteiger partial charge on any atom is 0.490 e. The highest BCUT2D eigenvalue weighted by Crippen LogP contribution is 2.34. The lowest BCUT2D eigenvalue weighted by atomic mass is 9.96. The molecule has 0 saturated heterocycles. The molecule has 5 rings (SSSR count). The Hall–Kier alpha value is -5.20. The SMILES string of the molecule is NCc1ccc(-c2nc3ccnc(C(=O)NCC(O)c4cccnc4)c3cc2-c2ccccc2)cc1.O=C(O)C(F)(F)F. The minimum absolute atomic E-state index is 0.0349. The molecule has 1 unspecified atom stereocenters. The molecule has 220 valence electrons. The highest BCUT2D eigenvalue weighted by Gasteiger charge is 2.38. The number of carboxylic acids is 1. The van der Waals surface area contributed by atoms with Gasteiger partial charge in [-0.3, -0.25) is 14.8 Å². The summed E-state index contributed by atoms with van der Waals surface area (Å²) >= 11 is 0. The van der Waals surface area contributed by atoms with Crippen LogP contribution in [-0.4, -0.2) is 49.8 Å². The number of carbonyl (C=O) groups is 2. The van der Waals surface area contributed by atoms with Crippen molar-refractivity contribution in [3.63, 3.8) is 0 Å². The van der Waals surface area contributed by atoms with Gasteiger partial charge in [0.25, 0.3) is 5.91 Å². The number of amides is 1. The van der Waals surface area contributed by atoms with Crippen molar-refractivity contribution in [1.29, 1.82) is 0 Å². The zero-order valence-electron chi connectivity index (χ0n) is 22.5. The van der Waals surface area contributed by atoms with Crippen LogP contribution >= 0.6 is 0 Å². The van der Waals surface area contributed by atoms with Gasteiger partial charge in [0.2, 0.25) is 0 Å². The number of carbonyl (C=O) groups excluding carboxylic acids is 1. The standard InChI is InChI=1S/C29H25N5O2.C2HF3O2/c30-16-19-8-10-21(11-9-19)27-23(20-5-2-1-3-6-20)15-24-25(34-27)12-14-32-28(24)29(36)33-18-26(35)22-7-4-13-31-17-22;3-2(4,5)1(6)7/h1-15,17,26,35H,16,18,30H2,(H,33,36);(H,6,7). The molecule has 43 heavy (non-hydrogen) atoms. The number of nitrogens with zero attached hydrogens (tertiary/aromatic N) is 3. The molecule has 0 aliphatic heterocycles. The average Bonchev–Trinajstić information content (AvgIpc) is 3.03. The number of aliphatic hydroxyl groups is 1. The van der Waals surface area contributed by atoms with Crippen LogP contribution in [0.2, 0.25) is 0 Å². The van der Waals surface area contributed by atoms with E-state index >= 15 is 0 Å². The fourth-order valence-corrected chi connectivity index (χ4v) is 4.10. The smallest absolute Gasteiger partial charge is 0.475 e. The summed E-state index contributed by atoms with van der Waals surface area (Å²) in [5.74, 6) is -3.14. The molecule has 0 radical (unpaired) electrons. The van der Waals surface area contributed by atoms with Gasteiger partial charge in [-0.25, -0.2) is 9.78 Å². The summed E-state index contributed by atoms with van der Waals surface area (Å²) in [4.78, 5) is 35.3. The summed E-state index contributed by atoms with van der Waals surface area (Å²) in [6, 6.07) is 25.2. The summed E-state index contributed by atoms with van der Waals surface area (Å²) in [5.41, 5.74) is 12.0. The lowest BCUT2D eigenvalue weighted by Crippen LogP contribution is -2.29. The molecule has 0 aliphatic rings. The van der Waals surface area contributed by atoms with Crippen LogP contribution in [0.15, 0.2) is 97.5 Å². The highest BCUT2D eigenvalue weighted by atomic mass is 19.4. The molecule has 1 atom stereocenters. The van der Waals surface area contributed by atoms with Gasteiger partial charge in [0.05, 0.1) is 17.3 Å². The molecule has 0 spiro atoms. The number of aromatic nitrogens is 3. The van der Waals surface area contributed by atoms with Crippen molar-refractivity contribution < 1.29 is 33.0 Å². The summed E-state index contributed by atoms with van der Waals surface area (Å²) in [6.45, 7) is 0.504. The van der Waals surface area contributed by atoms with Gasteiger partial charge in [0, 0.05) is 53.8 Å². The third kappa shape index (κ3) is 7.76. The topological polar surface area (TPSA) is 151 Å². The molecule has 9 nitrogen and oxygen atoms in total. The van der Waals surface area contributed by atoms with Crippen LogP contribution in [0.25, 0.3) is 33.3 Å². The fourth-order valence-electron chi connectivity index (χ4n) is 4.10. The quantitative estimate of drug-likeness (QED) is 0.209. The summed E-state index contributed by atoms with van der Waals surface area (Å²) in [5, 5.41) is 21.0. The molecule has 1 amide bonds. The van der Waals surface area contributed by atoms with Crippen molar-refractivity contribution in [3.05, 3.63) is 114 Å². The first kappa shape index (κ1) is 30.8. The van der Waals surface area contributed by atoms with E-state index in [1.165, 1.54) is 0 Å². The first-order valence-electron chi connectivity index (χ1n) is 12.9.